The van der Waals surface area contributed by atoms with Crippen molar-refractivity contribution in [2.24, 2.45) is 0 Å². The number of nitrogens with zero attached hydrogens (tertiary/aromatic N) is 1. The van der Waals surface area contributed by atoms with Crippen molar-refractivity contribution in [3.05, 3.63) is 0 Å². The lowest BCUT2D eigenvalue weighted by atomic mass is 10.2. The van der Waals surface area contributed by atoms with Crippen molar-refractivity contribution in [1.29, 1.82) is 0 Å². The second-order valence-corrected chi connectivity index (χ2v) is 4.13. The van der Waals surface area contributed by atoms with Gasteiger partial charge in [0.05, 0.1) is 26.2 Å². The summed E-state index contributed by atoms with van der Waals surface area (Å²) in [6.07, 6.45) is 5.47. The fourth-order valence-electron chi connectivity index (χ4n) is 1.95. The highest BCUT2D eigenvalue weighted by molar-refractivity contribution is 5.75. The van der Waals surface area contributed by atoms with Crippen molar-refractivity contribution in [3.8, 4) is 0 Å². The Morgan fingerprint density at radius 2 is 1.07 bits per heavy atom. The van der Waals surface area contributed by atoms with Crippen LogP contribution in [0.2, 0.25) is 0 Å². The molecule has 0 aromatic heterocycles. The molecule has 0 atom stereocenters. The zero-order valence-corrected chi connectivity index (χ0v) is 10.1. The minimum atomic E-state index is 0. The maximum absolute atomic E-state index is 2.34. The van der Waals surface area contributed by atoms with Crippen molar-refractivity contribution in [3.63, 3.8) is 0 Å². The van der Waals surface area contributed by atoms with Crippen molar-refractivity contribution < 1.29 is 4.48 Å². The third-order valence-corrected chi connectivity index (χ3v) is 3.31. The molecule has 14 heavy (non-hydrogen) atoms. The molecule has 0 bridgehead atoms. The van der Waals surface area contributed by atoms with Crippen LogP contribution in [-0.2, 0) is 0 Å². The fraction of sp³-hybridized carbons (Fsp3) is 1.00. The smallest absolute Gasteiger partial charge is 0.0786 e. The molecule has 0 unspecified atom stereocenters. The minimum Gasteiger partial charge on any atom is -0.324 e. The maximum Gasteiger partial charge on any atom is 0.0786 e. The number of unbranched alkanes of at least 4 members (excludes halogenated alkanes) is 2. The normalized spacial score (nSPS) is 11.1. The Hall–Kier alpha value is 0.0249. The molecular weight excluding hydrogens is 169 g/mol. The van der Waals surface area contributed by atoms with E-state index in [1.165, 1.54) is 56.3 Å². The highest BCUT2D eigenvalue weighted by Gasteiger charge is 2.20. The zero-order valence-electron chi connectivity index (χ0n) is 10.1. The van der Waals surface area contributed by atoms with Gasteiger partial charge in [-0.05, 0) is 26.7 Å². The van der Waals surface area contributed by atoms with Crippen LogP contribution in [-0.4, -0.2) is 39.1 Å². The Labute approximate surface area is 93.0 Å². The topological polar surface area (TPSA) is 0 Å². The summed E-state index contributed by atoms with van der Waals surface area (Å²) in [5, 5.41) is 0. The lowest BCUT2D eigenvalue weighted by molar-refractivity contribution is -0.925. The van der Waals surface area contributed by atoms with Gasteiger partial charge in [0.2, 0.25) is 0 Å². The van der Waals surface area contributed by atoms with Gasteiger partial charge in [0.15, 0.2) is 0 Å². The average molecular weight is 201 g/mol. The molecular formula is C12H32BN. The van der Waals surface area contributed by atoms with E-state index in [2.05, 4.69) is 27.7 Å². The molecule has 0 aromatic carbocycles. The third-order valence-electron chi connectivity index (χ3n) is 3.31. The van der Waals surface area contributed by atoms with Crippen molar-refractivity contribution in [1.82, 2.24) is 0 Å². The van der Waals surface area contributed by atoms with Gasteiger partial charge in [0.25, 0.3) is 0 Å². The Morgan fingerprint density at radius 1 is 0.714 bits per heavy atom. The van der Waals surface area contributed by atoms with Gasteiger partial charge >= 0.3 is 0 Å². The van der Waals surface area contributed by atoms with Crippen molar-refractivity contribution in [2.45, 2.75) is 53.4 Å². The molecule has 0 saturated carbocycles. The Kier molecular flexibility index (Phi) is 11.3. The molecule has 0 radical (unpaired) electrons. The van der Waals surface area contributed by atoms with Crippen LogP contribution in [0.1, 0.15) is 53.4 Å². The molecule has 0 heterocycles. The molecule has 0 N–H and O–H groups in total. The van der Waals surface area contributed by atoms with E-state index in [9.17, 15) is 0 Å². The van der Waals surface area contributed by atoms with E-state index < -0.39 is 0 Å². The Morgan fingerprint density at radius 3 is 1.29 bits per heavy atom. The van der Waals surface area contributed by atoms with Crippen LogP contribution in [0.5, 0.6) is 0 Å². The monoisotopic (exact) mass is 201 g/mol. The molecule has 0 fully saturated rings. The van der Waals surface area contributed by atoms with Crippen LogP contribution in [0.15, 0.2) is 0 Å². The highest BCUT2D eigenvalue weighted by atomic mass is 15.3. The lowest BCUT2D eigenvalue weighted by Crippen LogP contribution is -2.49. The Bertz CT molecular complexity index is 101. The minimum absolute atomic E-state index is 0. The summed E-state index contributed by atoms with van der Waals surface area (Å²) in [5.74, 6) is 0. The van der Waals surface area contributed by atoms with Gasteiger partial charge in [-0.1, -0.05) is 35.1 Å². The Balaban J connectivity index is 0. The fourth-order valence-corrected chi connectivity index (χ4v) is 1.95. The van der Waals surface area contributed by atoms with Gasteiger partial charge in [-0.15, -0.1) is 0 Å². The van der Waals surface area contributed by atoms with Gasteiger partial charge in [0, 0.05) is 0 Å². The lowest BCUT2D eigenvalue weighted by Gasteiger charge is -2.37. The van der Waals surface area contributed by atoms with Crippen LogP contribution in [0.3, 0.4) is 0 Å². The SMILES string of the molecule is CCCC[N+](CC)(CC)CCCC.[BH4-]. The maximum atomic E-state index is 2.34. The molecule has 0 rings (SSSR count). The van der Waals surface area contributed by atoms with E-state index >= 15 is 0 Å². The second-order valence-electron chi connectivity index (χ2n) is 4.13. The number of quaternary nitrogens is 1. The van der Waals surface area contributed by atoms with E-state index in [0.717, 1.165) is 0 Å². The number of rotatable bonds is 8. The van der Waals surface area contributed by atoms with E-state index in [4.69, 9.17) is 0 Å². The average Bonchev–Trinajstić information content (AvgIpc) is 2.20. The van der Waals surface area contributed by atoms with E-state index in [-0.39, 0.29) is 8.41 Å². The first-order chi connectivity index (χ1) is 6.24. The standard InChI is InChI=1S/C12H28N.BH4/c1-5-9-11-13(7-3,8-4)12-10-6-2;/h5-12H2,1-4H3;1H4/q+1;-1. The first-order valence-corrected chi connectivity index (χ1v) is 6.09. The quantitative estimate of drug-likeness (QED) is 0.416. The molecule has 0 aliphatic heterocycles. The first-order valence-electron chi connectivity index (χ1n) is 6.09. The summed E-state index contributed by atoms with van der Waals surface area (Å²) >= 11 is 0. The molecule has 2 heteroatoms. The number of hydrogen-bond donors (Lipinski definition) is 0. The van der Waals surface area contributed by atoms with Gasteiger partial charge < -0.3 is 4.48 Å². The predicted molar refractivity (Wildman–Crippen MR) is 72.2 cm³/mol. The third kappa shape index (κ3) is 5.69. The van der Waals surface area contributed by atoms with E-state index in [1.54, 1.807) is 0 Å². The van der Waals surface area contributed by atoms with Crippen molar-refractivity contribution >= 4 is 8.41 Å². The summed E-state index contributed by atoms with van der Waals surface area (Å²) in [5.41, 5.74) is 0. The van der Waals surface area contributed by atoms with Gasteiger partial charge in [-0.25, -0.2) is 0 Å². The summed E-state index contributed by atoms with van der Waals surface area (Å²) < 4.78 is 1.35. The predicted octanol–water partition coefficient (Wildman–Crippen LogP) is 1.99. The molecule has 1 nitrogen and oxygen atoms in total. The van der Waals surface area contributed by atoms with Crippen LogP contribution < -0.4 is 0 Å². The number of hydrogen-bond acceptors (Lipinski definition) is 0. The largest absolute Gasteiger partial charge is 0.324 e. The first kappa shape index (κ1) is 16.5. The second kappa shape index (κ2) is 9.58. The molecule has 0 saturated heterocycles. The molecule has 0 aliphatic carbocycles. The van der Waals surface area contributed by atoms with E-state index in [1.807, 2.05) is 0 Å². The van der Waals surface area contributed by atoms with Crippen LogP contribution in [0.4, 0.5) is 0 Å². The van der Waals surface area contributed by atoms with Crippen LogP contribution in [0.25, 0.3) is 0 Å². The molecule has 0 amide bonds. The van der Waals surface area contributed by atoms with Gasteiger partial charge in [-0.3, -0.25) is 0 Å². The molecule has 0 spiro atoms. The zero-order chi connectivity index (χ0) is 10.2. The summed E-state index contributed by atoms with van der Waals surface area (Å²) in [6, 6.07) is 0. The summed E-state index contributed by atoms with van der Waals surface area (Å²) in [6.45, 7) is 14.7. The van der Waals surface area contributed by atoms with Gasteiger partial charge in [0.1, 0.15) is 0 Å². The molecule has 0 aromatic rings. The summed E-state index contributed by atoms with van der Waals surface area (Å²) in [4.78, 5) is 0. The van der Waals surface area contributed by atoms with Crippen LogP contribution in [0, 0.1) is 0 Å². The van der Waals surface area contributed by atoms with E-state index in [0.29, 0.717) is 0 Å². The highest BCUT2D eigenvalue weighted by Crippen LogP contribution is 2.11. The summed E-state index contributed by atoms with van der Waals surface area (Å²) in [7, 11) is 0. The van der Waals surface area contributed by atoms with Crippen molar-refractivity contribution in [2.75, 3.05) is 26.2 Å². The molecule has 0 aliphatic rings. The van der Waals surface area contributed by atoms with Gasteiger partial charge in [-0.2, -0.15) is 0 Å². The van der Waals surface area contributed by atoms with Crippen LogP contribution >= 0.6 is 0 Å². The molecule has 88 valence electrons.